The number of Topliss-reactive ketones (excluding diaryl/α,β-unsaturated/α-hetero) is 1. The van der Waals surface area contributed by atoms with Gasteiger partial charge in [-0.3, -0.25) is 9.59 Å². The van der Waals surface area contributed by atoms with Crippen molar-refractivity contribution in [2.75, 3.05) is 0 Å². The molecule has 0 unspecified atom stereocenters. The molecule has 1 heterocycles. The molecular formula is C12H12N2O2. The van der Waals surface area contributed by atoms with Gasteiger partial charge in [0.1, 0.15) is 0 Å². The van der Waals surface area contributed by atoms with Gasteiger partial charge in [0, 0.05) is 17.1 Å². The molecule has 0 spiro atoms. The Morgan fingerprint density at radius 3 is 2.94 bits per heavy atom. The summed E-state index contributed by atoms with van der Waals surface area (Å²) in [7, 11) is 0. The van der Waals surface area contributed by atoms with E-state index in [0.717, 1.165) is 16.5 Å². The van der Waals surface area contributed by atoms with Crippen LogP contribution in [0.15, 0.2) is 30.5 Å². The minimum Gasteiger partial charge on any atom is -0.361 e. The smallest absolute Gasteiger partial charge is 0.212 e. The van der Waals surface area contributed by atoms with Gasteiger partial charge in [-0.2, -0.15) is 0 Å². The zero-order chi connectivity index (χ0) is 11.5. The van der Waals surface area contributed by atoms with Crippen molar-refractivity contribution in [3.05, 3.63) is 36.0 Å². The SMILES string of the molecule is N[C@@H](Cc1c[nH]c2ccccc12)C(=O)C=O. The molecule has 4 heteroatoms. The van der Waals surface area contributed by atoms with E-state index in [2.05, 4.69) is 4.98 Å². The van der Waals surface area contributed by atoms with E-state index in [-0.39, 0.29) is 6.29 Å². The molecule has 0 radical (unpaired) electrons. The number of carbonyl (C=O) groups excluding carboxylic acids is 2. The van der Waals surface area contributed by atoms with Crippen LogP contribution in [0.25, 0.3) is 10.9 Å². The topological polar surface area (TPSA) is 76.0 Å². The second-order valence-electron chi connectivity index (χ2n) is 3.69. The molecule has 4 nitrogen and oxygen atoms in total. The molecule has 1 atom stereocenters. The van der Waals surface area contributed by atoms with E-state index in [4.69, 9.17) is 5.73 Å². The average Bonchev–Trinajstić information content (AvgIpc) is 2.72. The van der Waals surface area contributed by atoms with Crippen molar-refractivity contribution in [3.63, 3.8) is 0 Å². The number of ketones is 1. The number of aromatic nitrogens is 1. The van der Waals surface area contributed by atoms with Crippen molar-refractivity contribution >= 4 is 23.0 Å². The summed E-state index contributed by atoms with van der Waals surface area (Å²) in [6.45, 7) is 0. The lowest BCUT2D eigenvalue weighted by molar-refractivity contribution is -0.130. The molecule has 0 saturated heterocycles. The molecule has 1 aromatic heterocycles. The summed E-state index contributed by atoms with van der Waals surface area (Å²) in [4.78, 5) is 24.5. The molecule has 0 aliphatic heterocycles. The first-order chi connectivity index (χ1) is 7.72. The van der Waals surface area contributed by atoms with Gasteiger partial charge >= 0.3 is 0 Å². The number of nitrogens with one attached hydrogen (secondary N) is 1. The van der Waals surface area contributed by atoms with Crippen LogP contribution in [0.2, 0.25) is 0 Å². The van der Waals surface area contributed by atoms with Crippen LogP contribution in [0.4, 0.5) is 0 Å². The second kappa shape index (κ2) is 4.28. The van der Waals surface area contributed by atoms with Crippen LogP contribution in [0.1, 0.15) is 5.56 Å². The van der Waals surface area contributed by atoms with E-state index >= 15 is 0 Å². The number of rotatable bonds is 4. The largest absolute Gasteiger partial charge is 0.361 e. The van der Waals surface area contributed by atoms with Gasteiger partial charge in [-0.1, -0.05) is 18.2 Å². The van der Waals surface area contributed by atoms with Crippen LogP contribution in [0.3, 0.4) is 0 Å². The molecule has 0 aliphatic rings. The fraction of sp³-hybridized carbons (Fsp3) is 0.167. The normalized spacial score (nSPS) is 12.6. The fourth-order valence-corrected chi connectivity index (χ4v) is 1.73. The van der Waals surface area contributed by atoms with Gasteiger partial charge in [-0.05, 0) is 18.1 Å². The number of fused-ring (bicyclic) bond motifs is 1. The average molecular weight is 216 g/mol. The second-order valence-corrected chi connectivity index (χ2v) is 3.69. The molecule has 2 aromatic rings. The predicted octanol–water partition coefficient (Wildman–Crippen LogP) is 0.806. The van der Waals surface area contributed by atoms with Crippen molar-refractivity contribution < 1.29 is 9.59 Å². The number of hydrogen-bond acceptors (Lipinski definition) is 3. The van der Waals surface area contributed by atoms with Gasteiger partial charge in [0.05, 0.1) is 6.04 Å². The lowest BCUT2D eigenvalue weighted by Gasteiger charge is -2.05. The van der Waals surface area contributed by atoms with Crippen molar-refractivity contribution in [1.82, 2.24) is 4.98 Å². The van der Waals surface area contributed by atoms with Gasteiger partial charge < -0.3 is 10.7 Å². The van der Waals surface area contributed by atoms with E-state index in [1.165, 1.54) is 0 Å². The number of carbonyl (C=O) groups is 2. The third-order valence-electron chi connectivity index (χ3n) is 2.60. The number of nitrogens with two attached hydrogens (primary N) is 1. The van der Waals surface area contributed by atoms with Crippen LogP contribution in [0.5, 0.6) is 0 Å². The van der Waals surface area contributed by atoms with Crippen LogP contribution in [-0.4, -0.2) is 23.1 Å². The Balaban J connectivity index is 2.28. The summed E-state index contributed by atoms with van der Waals surface area (Å²) in [5.41, 5.74) is 7.58. The van der Waals surface area contributed by atoms with E-state index in [1.807, 2.05) is 30.5 Å². The fourth-order valence-electron chi connectivity index (χ4n) is 1.73. The molecule has 1 aromatic carbocycles. The zero-order valence-electron chi connectivity index (χ0n) is 8.64. The van der Waals surface area contributed by atoms with Gasteiger partial charge in [0.2, 0.25) is 5.78 Å². The maximum Gasteiger partial charge on any atom is 0.212 e. The summed E-state index contributed by atoms with van der Waals surface area (Å²) in [5.74, 6) is -0.565. The predicted molar refractivity (Wildman–Crippen MR) is 61.0 cm³/mol. The monoisotopic (exact) mass is 216 g/mol. The summed E-state index contributed by atoms with van der Waals surface area (Å²) in [6, 6.07) is 7.01. The summed E-state index contributed by atoms with van der Waals surface area (Å²) in [6.07, 6.45) is 2.48. The molecule has 0 bridgehead atoms. The van der Waals surface area contributed by atoms with Crippen molar-refractivity contribution in [2.45, 2.75) is 12.5 Å². The van der Waals surface area contributed by atoms with Crippen LogP contribution in [0, 0.1) is 0 Å². The third-order valence-corrected chi connectivity index (χ3v) is 2.60. The van der Waals surface area contributed by atoms with E-state index in [0.29, 0.717) is 6.42 Å². The van der Waals surface area contributed by atoms with Crippen molar-refractivity contribution in [3.8, 4) is 0 Å². The highest BCUT2D eigenvalue weighted by Crippen LogP contribution is 2.18. The highest BCUT2D eigenvalue weighted by atomic mass is 16.2. The first-order valence-electron chi connectivity index (χ1n) is 5.02. The quantitative estimate of drug-likeness (QED) is 0.586. The van der Waals surface area contributed by atoms with Gasteiger partial charge in [0.15, 0.2) is 6.29 Å². The van der Waals surface area contributed by atoms with Gasteiger partial charge in [0.25, 0.3) is 0 Å². The van der Waals surface area contributed by atoms with Crippen LogP contribution in [-0.2, 0) is 16.0 Å². The maximum atomic E-state index is 11.1. The summed E-state index contributed by atoms with van der Waals surface area (Å²) < 4.78 is 0. The molecule has 82 valence electrons. The highest BCUT2D eigenvalue weighted by molar-refractivity contribution is 6.27. The van der Waals surface area contributed by atoms with Gasteiger partial charge in [-0.25, -0.2) is 0 Å². The number of benzene rings is 1. The summed E-state index contributed by atoms with van der Waals surface area (Å²) >= 11 is 0. The molecule has 16 heavy (non-hydrogen) atoms. The Labute approximate surface area is 92.4 Å². The molecule has 0 saturated carbocycles. The molecule has 0 aliphatic carbocycles. The Bertz CT molecular complexity index is 531. The van der Waals surface area contributed by atoms with E-state index < -0.39 is 11.8 Å². The Kier molecular flexibility index (Phi) is 2.83. The van der Waals surface area contributed by atoms with Crippen molar-refractivity contribution in [2.24, 2.45) is 5.73 Å². The van der Waals surface area contributed by atoms with Crippen LogP contribution < -0.4 is 5.73 Å². The first kappa shape index (κ1) is 10.6. The number of hydrogen-bond donors (Lipinski definition) is 2. The molecule has 0 fully saturated rings. The molecular weight excluding hydrogens is 204 g/mol. The third kappa shape index (κ3) is 1.87. The standard InChI is InChI=1S/C12H12N2O2/c13-10(12(16)7-15)5-8-6-14-11-4-2-1-3-9(8)11/h1-4,6-7,10,14H,5,13H2/t10-/m0/s1. The minimum atomic E-state index is -0.753. The van der Waals surface area contributed by atoms with Crippen LogP contribution >= 0.6 is 0 Å². The Morgan fingerprint density at radius 2 is 2.19 bits per heavy atom. The molecule has 3 N–H and O–H groups in total. The Hall–Kier alpha value is -1.94. The molecule has 0 amide bonds. The lowest BCUT2D eigenvalue weighted by Crippen LogP contribution is -2.33. The minimum absolute atomic E-state index is 0.277. The van der Waals surface area contributed by atoms with Crippen molar-refractivity contribution in [1.29, 1.82) is 0 Å². The van der Waals surface area contributed by atoms with E-state index in [1.54, 1.807) is 0 Å². The maximum absolute atomic E-state index is 11.1. The summed E-state index contributed by atoms with van der Waals surface area (Å²) in [5, 5.41) is 1.04. The zero-order valence-corrected chi connectivity index (χ0v) is 8.64. The number of para-hydroxylation sites is 1. The van der Waals surface area contributed by atoms with Gasteiger partial charge in [-0.15, -0.1) is 0 Å². The van der Waals surface area contributed by atoms with E-state index in [9.17, 15) is 9.59 Å². The number of aromatic amines is 1. The highest BCUT2D eigenvalue weighted by Gasteiger charge is 2.14. The Morgan fingerprint density at radius 1 is 1.44 bits per heavy atom. The lowest BCUT2D eigenvalue weighted by atomic mass is 10.0. The molecule has 2 rings (SSSR count). The number of H-pyrrole nitrogens is 1. The number of aldehydes is 1. The first-order valence-corrected chi connectivity index (χ1v) is 5.02.